The summed E-state index contributed by atoms with van der Waals surface area (Å²) in [6.45, 7) is 3.97. The number of nitriles is 2. The fourth-order valence-electron chi connectivity index (χ4n) is 4.14. The van der Waals surface area contributed by atoms with Crippen LogP contribution in [0.1, 0.15) is 25.3 Å². The Hall–Kier alpha value is -3.01. The van der Waals surface area contributed by atoms with Crippen molar-refractivity contribution < 1.29 is 19.4 Å². The van der Waals surface area contributed by atoms with Gasteiger partial charge in [-0.05, 0) is 19.4 Å². The molecule has 2 aliphatic rings. The molecule has 1 aromatic rings. The monoisotopic (exact) mass is 356 g/mol. The first-order chi connectivity index (χ1) is 12.4. The predicted molar refractivity (Wildman–Crippen MR) is 88.1 cm³/mol. The maximum absolute atomic E-state index is 10.9. The van der Waals surface area contributed by atoms with Crippen molar-refractivity contribution in [3.8, 4) is 12.1 Å². The molecule has 9 heteroatoms. The Morgan fingerprint density at radius 3 is 2.23 bits per heavy atom. The smallest absolute Gasteiger partial charge is 0.314 e. The fraction of sp³-hybridized carbons (Fsp3) is 0.471. The molecular formula is C17H18N5O4+. The summed E-state index contributed by atoms with van der Waals surface area (Å²) in [5.41, 5.74) is 3.90. The van der Waals surface area contributed by atoms with Crippen LogP contribution in [0.25, 0.3) is 0 Å². The van der Waals surface area contributed by atoms with Gasteiger partial charge in [0, 0.05) is 18.1 Å². The lowest BCUT2D eigenvalue weighted by molar-refractivity contribution is -0.693. The molecule has 1 heterocycles. The summed E-state index contributed by atoms with van der Waals surface area (Å²) < 4.78 is 11.5. The molecule has 1 aromatic carbocycles. The van der Waals surface area contributed by atoms with Crippen LogP contribution in [0.15, 0.2) is 24.3 Å². The average molecular weight is 356 g/mol. The molecule has 0 bridgehead atoms. The van der Waals surface area contributed by atoms with Crippen molar-refractivity contribution >= 4 is 11.5 Å². The number of non-ortho nitro benzene ring substituents is 1. The number of nitrogens with one attached hydrogen (secondary N) is 1. The Morgan fingerprint density at radius 2 is 1.81 bits per heavy atom. The highest BCUT2D eigenvalue weighted by Crippen LogP contribution is 2.78. The zero-order chi connectivity index (χ0) is 19.2. The zero-order valence-electron chi connectivity index (χ0n) is 14.4. The topological polar surface area (TPSA) is 149 Å². The third-order valence-electron chi connectivity index (χ3n) is 5.13. The second-order valence-corrected chi connectivity index (χ2v) is 6.14. The molecule has 0 unspecified atom stereocenters. The molecule has 0 aromatic heterocycles. The van der Waals surface area contributed by atoms with Crippen molar-refractivity contribution in [2.24, 2.45) is 16.6 Å². The molecule has 1 fully saturated rings. The molecule has 3 atom stereocenters. The summed E-state index contributed by atoms with van der Waals surface area (Å²) in [5.74, 6) is -2.09. The third-order valence-corrected chi connectivity index (χ3v) is 5.13. The first-order valence-corrected chi connectivity index (χ1v) is 8.16. The van der Waals surface area contributed by atoms with Gasteiger partial charge >= 0.3 is 5.91 Å². The van der Waals surface area contributed by atoms with E-state index in [9.17, 15) is 20.6 Å². The van der Waals surface area contributed by atoms with Crippen LogP contribution in [-0.2, 0) is 9.47 Å². The van der Waals surface area contributed by atoms with Crippen LogP contribution in [0.5, 0.6) is 0 Å². The molecule has 3 N–H and O–H groups in total. The SMILES string of the molecule is CCOC1(OCC)[NH+]=C(N)[C@@]2(C#N)[C@@H](c3ccc([N+](=O)[O-])cc3)[C@@]12C#N. The first-order valence-electron chi connectivity index (χ1n) is 8.16. The van der Waals surface area contributed by atoms with Crippen molar-refractivity contribution in [2.45, 2.75) is 25.7 Å². The summed E-state index contributed by atoms with van der Waals surface area (Å²) in [6, 6.07) is 10.1. The highest BCUT2D eigenvalue weighted by Gasteiger charge is 2.97. The average Bonchev–Trinajstić information content (AvgIpc) is 3.21. The van der Waals surface area contributed by atoms with Crippen LogP contribution >= 0.6 is 0 Å². The van der Waals surface area contributed by atoms with Crippen molar-refractivity contribution in [2.75, 3.05) is 13.2 Å². The first kappa shape index (κ1) is 17.8. The Balaban J connectivity index is 2.17. The van der Waals surface area contributed by atoms with Gasteiger partial charge in [-0.3, -0.25) is 15.8 Å². The number of nitrogens with two attached hydrogens (primary N) is 1. The molecule has 26 heavy (non-hydrogen) atoms. The fourth-order valence-corrected chi connectivity index (χ4v) is 4.14. The van der Waals surface area contributed by atoms with E-state index in [-0.39, 0.29) is 24.7 Å². The van der Waals surface area contributed by atoms with Crippen molar-refractivity contribution in [1.82, 2.24) is 0 Å². The lowest BCUT2D eigenvalue weighted by Crippen LogP contribution is -2.91. The maximum Gasteiger partial charge on any atom is 0.343 e. The van der Waals surface area contributed by atoms with Crippen LogP contribution in [0.3, 0.4) is 0 Å². The lowest BCUT2D eigenvalue weighted by atomic mass is 9.93. The van der Waals surface area contributed by atoms with Gasteiger partial charge in [-0.25, -0.2) is 4.99 Å². The van der Waals surface area contributed by atoms with Gasteiger partial charge in [-0.1, -0.05) is 12.1 Å². The number of benzene rings is 1. The van der Waals surface area contributed by atoms with Crippen LogP contribution in [0.2, 0.25) is 0 Å². The van der Waals surface area contributed by atoms with Gasteiger partial charge in [0.2, 0.25) is 0 Å². The van der Waals surface area contributed by atoms with Crippen molar-refractivity contribution in [3.63, 3.8) is 0 Å². The van der Waals surface area contributed by atoms with Gasteiger partial charge in [0.25, 0.3) is 11.5 Å². The minimum atomic E-state index is -1.56. The van der Waals surface area contributed by atoms with E-state index in [0.717, 1.165) is 0 Å². The molecule has 0 spiro atoms. The number of rotatable bonds is 6. The van der Waals surface area contributed by atoms with Crippen molar-refractivity contribution in [3.05, 3.63) is 39.9 Å². The zero-order valence-corrected chi connectivity index (χ0v) is 14.4. The largest absolute Gasteiger partial charge is 0.343 e. The number of hydrogen-bond donors (Lipinski definition) is 2. The molecule has 0 radical (unpaired) electrons. The number of nitro groups is 1. The molecule has 1 saturated carbocycles. The van der Waals surface area contributed by atoms with Gasteiger partial charge in [0.1, 0.15) is 0 Å². The summed E-state index contributed by atoms with van der Waals surface area (Å²) >= 11 is 0. The molecule has 3 rings (SSSR count). The second-order valence-electron chi connectivity index (χ2n) is 6.14. The minimum absolute atomic E-state index is 0.0764. The second kappa shape index (κ2) is 5.77. The van der Waals surface area contributed by atoms with Crippen LogP contribution in [0.4, 0.5) is 5.69 Å². The van der Waals surface area contributed by atoms with Gasteiger partial charge in [0.05, 0.1) is 30.3 Å². The number of nitrogens with zero attached hydrogens (tertiary/aromatic N) is 3. The van der Waals surface area contributed by atoms with E-state index < -0.39 is 27.6 Å². The number of amidine groups is 1. The number of fused-ring (bicyclic) bond motifs is 1. The van der Waals surface area contributed by atoms with Gasteiger partial charge in [-0.15, -0.1) is 0 Å². The molecule has 0 saturated heterocycles. The summed E-state index contributed by atoms with van der Waals surface area (Å²) in [5, 5.41) is 30.9. The van der Waals surface area contributed by atoms with E-state index in [4.69, 9.17) is 15.2 Å². The van der Waals surface area contributed by atoms with Gasteiger partial charge in [0.15, 0.2) is 10.8 Å². The van der Waals surface area contributed by atoms with E-state index in [2.05, 4.69) is 17.1 Å². The molecule has 0 amide bonds. The van der Waals surface area contributed by atoms with E-state index in [0.29, 0.717) is 5.56 Å². The standard InChI is InChI=1S/C17H17N5O4/c1-3-25-17(26-4-2)16(10-19)13(15(16,9-18)14(20)21-17)11-5-7-12(8-6-11)22(23)24/h5-8,13H,3-4H2,1-2H3,(H2,20,21)/p+1/t13-,15-,16-/m1/s1. The van der Waals surface area contributed by atoms with Crippen LogP contribution < -0.4 is 10.7 Å². The third kappa shape index (κ3) is 1.81. The number of nitro benzene ring substituents is 1. The Labute approximate surface area is 149 Å². The predicted octanol–water partition coefficient (Wildman–Crippen LogP) is -0.110. The maximum atomic E-state index is 10.9. The lowest BCUT2D eigenvalue weighted by Gasteiger charge is -2.29. The van der Waals surface area contributed by atoms with E-state index in [1.54, 1.807) is 13.8 Å². The molecule has 1 aliphatic carbocycles. The molecule has 9 nitrogen and oxygen atoms in total. The van der Waals surface area contributed by atoms with Gasteiger partial charge in [-0.2, -0.15) is 10.5 Å². The van der Waals surface area contributed by atoms with E-state index in [1.165, 1.54) is 24.3 Å². The number of ether oxygens (including phenoxy) is 2. The Kier molecular flexibility index (Phi) is 3.95. The normalized spacial score (nSPS) is 30.6. The van der Waals surface area contributed by atoms with E-state index in [1.807, 2.05) is 0 Å². The Morgan fingerprint density at radius 1 is 1.23 bits per heavy atom. The Bertz CT molecular complexity index is 863. The highest BCUT2D eigenvalue weighted by atomic mass is 16.7. The van der Waals surface area contributed by atoms with Crippen LogP contribution in [-0.4, -0.2) is 29.9 Å². The molecule has 1 aliphatic heterocycles. The van der Waals surface area contributed by atoms with Crippen molar-refractivity contribution in [1.29, 1.82) is 10.5 Å². The molecular weight excluding hydrogens is 338 g/mol. The quantitative estimate of drug-likeness (QED) is 0.410. The molecule has 134 valence electrons. The minimum Gasteiger partial charge on any atom is -0.314 e. The van der Waals surface area contributed by atoms with Gasteiger partial charge < -0.3 is 9.47 Å². The summed E-state index contributed by atoms with van der Waals surface area (Å²) in [7, 11) is 0. The van der Waals surface area contributed by atoms with E-state index >= 15 is 0 Å². The summed E-state index contributed by atoms with van der Waals surface area (Å²) in [4.78, 5) is 13.3. The summed E-state index contributed by atoms with van der Waals surface area (Å²) in [6.07, 6.45) is 0. The number of hydrogen-bond acceptors (Lipinski definition) is 7. The van der Waals surface area contributed by atoms with Crippen LogP contribution in [0, 0.1) is 43.6 Å². The highest BCUT2D eigenvalue weighted by molar-refractivity contribution is 5.95.